The second kappa shape index (κ2) is 5.75. The first-order valence-electron chi connectivity index (χ1n) is 7.44. The summed E-state index contributed by atoms with van der Waals surface area (Å²) in [5, 5.41) is 21.8. The van der Waals surface area contributed by atoms with Crippen molar-refractivity contribution in [1.82, 2.24) is 4.57 Å². The van der Waals surface area contributed by atoms with E-state index < -0.39 is 28.2 Å². The van der Waals surface area contributed by atoms with Crippen molar-refractivity contribution in [2.24, 2.45) is 0 Å². The molecule has 0 spiro atoms. The van der Waals surface area contributed by atoms with E-state index in [1.165, 1.54) is 35.0 Å². The molecule has 2 heterocycles. The third kappa shape index (κ3) is 2.83. The van der Waals surface area contributed by atoms with Crippen LogP contribution in [0.1, 0.15) is 25.5 Å². The van der Waals surface area contributed by atoms with Crippen LogP contribution in [0.15, 0.2) is 35.3 Å². The van der Waals surface area contributed by atoms with E-state index in [1.807, 2.05) is 0 Å². The molecule has 0 saturated heterocycles. The number of nitrogen functional groups attached to an aromatic ring is 1. The number of fused-ring (bicyclic) bond motifs is 1. The molecule has 0 saturated carbocycles. The maximum absolute atomic E-state index is 12.5. The number of aliphatic hydroxyl groups is 1. The number of pyridine rings is 1. The number of nitro groups is 1. The Labute approximate surface area is 147 Å². The number of aromatic nitrogens is 1. The van der Waals surface area contributed by atoms with Crippen LogP contribution in [0, 0.1) is 10.1 Å². The molecule has 3 N–H and O–H groups in total. The summed E-state index contributed by atoms with van der Waals surface area (Å²) >= 11 is 5.93. The highest BCUT2D eigenvalue weighted by atomic mass is 35.5. The molecule has 25 heavy (non-hydrogen) atoms. The molecule has 0 aliphatic carbocycles. The van der Waals surface area contributed by atoms with Gasteiger partial charge in [0.25, 0.3) is 11.2 Å². The maximum atomic E-state index is 12.5. The number of anilines is 1. The van der Waals surface area contributed by atoms with E-state index in [0.29, 0.717) is 11.3 Å². The fourth-order valence-electron chi connectivity index (χ4n) is 2.96. The SMILES string of the molecule is CC1(C)Oc2ccc([N+](=O)[O-])cc2C(n2cc(N)cc(Cl)c2=O)C1O. The maximum Gasteiger partial charge on any atom is 0.270 e. The van der Waals surface area contributed by atoms with Crippen LogP contribution < -0.4 is 16.0 Å². The molecule has 0 bridgehead atoms. The lowest BCUT2D eigenvalue weighted by molar-refractivity contribution is -0.385. The van der Waals surface area contributed by atoms with Gasteiger partial charge in [0, 0.05) is 29.6 Å². The Balaban J connectivity index is 2.30. The fourth-order valence-corrected chi connectivity index (χ4v) is 3.19. The molecule has 0 radical (unpaired) electrons. The molecule has 132 valence electrons. The Morgan fingerprint density at radius 2 is 2.08 bits per heavy atom. The molecule has 3 rings (SSSR count). The molecule has 1 aliphatic heterocycles. The molecule has 0 fully saturated rings. The first kappa shape index (κ1) is 17.2. The van der Waals surface area contributed by atoms with Gasteiger partial charge >= 0.3 is 0 Å². The molecule has 1 aromatic heterocycles. The highest BCUT2D eigenvalue weighted by Crippen LogP contribution is 2.43. The minimum Gasteiger partial charge on any atom is -0.485 e. The van der Waals surface area contributed by atoms with E-state index in [1.54, 1.807) is 13.8 Å². The van der Waals surface area contributed by atoms with Crippen molar-refractivity contribution in [2.75, 3.05) is 5.73 Å². The summed E-state index contributed by atoms with van der Waals surface area (Å²) in [5.41, 5.74) is 4.54. The van der Waals surface area contributed by atoms with E-state index in [9.17, 15) is 20.0 Å². The number of halogens is 1. The molecule has 1 aliphatic rings. The number of benzene rings is 1. The number of nitrogens with two attached hydrogens (primary N) is 1. The normalized spacial score (nSPS) is 21.3. The van der Waals surface area contributed by atoms with Crippen LogP contribution in [-0.2, 0) is 0 Å². The van der Waals surface area contributed by atoms with Crippen LogP contribution >= 0.6 is 11.6 Å². The van der Waals surface area contributed by atoms with Gasteiger partial charge in [0.05, 0.1) is 11.0 Å². The van der Waals surface area contributed by atoms with E-state index in [4.69, 9.17) is 22.1 Å². The number of nitro benzene ring substituents is 1. The average Bonchev–Trinajstić information content (AvgIpc) is 2.52. The van der Waals surface area contributed by atoms with Gasteiger partial charge < -0.3 is 20.1 Å². The number of aliphatic hydroxyl groups excluding tert-OH is 1. The van der Waals surface area contributed by atoms with Crippen LogP contribution in [0.3, 0.4) is 0 Å². The van der Waals surface area contributed by atoms with Gasteiger partial charge in [-0.2, -0.15) is 0 Å². The number of hydrogen-bond donors (Lipinski definition) is 2. The highest BCUT2D eigenvalue weighted by molar-refractivity contribution is 6.30. The summed E-state index contributed by atoms with van der Waals surface area (Å²) < 4.78 is 6.96. The predicted molar refractivity (Wildman–Crippen MR) is 92.1 cm³/mol. The molecule has 9 heteroatoms. The van der Waals surface area contributed by atoms with E-state index >= 15 is 0 Å². The third-order valence-electron chi connectivity index (χ3n) is 4.23. The molecular formula is C16H16ClN3O5. The first-order chi connectivity index (χ1) is 11.6. The van der Waals surface area contributed by atoms with Gasteiger partial charge in [0.2, 0.25) is 0 Å². The number of rotatable bonds is 2. The second-order valence-corrected chi connectivity index (χ2v) is 6.82. The zero-order valence-electron chi connectivity index (χ0n) is 13.5. The van der Waals surface area contributed by atoms with Crippen molar-refractivity contribution in [3.05, 3.63) is 61.5 Å². The smallest absolute Gasteiger partial charge is 0.270 e. The van der Waals surface area contributed by atoms with Crippen LogP contribution in [0.5, 0.6) is 5.75 Å². The lowest BCUT2D eigenvalue weighted by Crippen LogP contribution is -2.52. The standard InChI is InChI=1S/C16H16ClN3O5/c1-16(2)14(21)13(19-7-8(18)5-11(17)15(19)22)10-6-9(20(23)24)3-4-12(10)25-16/h3-7,13-14,21H,18H2,1-2H3. The average molecular weight is 366 g/mol. The van der Waals surface area contributed by atoms with Gasteiger partial charge in [-0.3, -0.25) is 14.9 Å². The second-order valence-electron chi connectivity index (χ2n) is 6.41. The summed E-state index contributed by atoms with van der Waals surface area (Å²) in [5.74, 6) is 0.344. The fraction of sp³-hybridized carbons (Fsp3) is 0.312. The van der Waals surface area contributed by atoms with Crippen molar-refractivity contribution >= 4 is 23.0 Å². The van der Waals surface area contributed by atoms with Crippen molar-refractivity contribution in [1.29, 1.82) is 0 Å². The van der Waals surface area contributed by atoms with E-state index in [2.05, 4.69) is 0 Å². The van der Waals surface area contributed by atoms with Crippen molar-refractivity contribution in [3.63, 3.8) is 0 Å². The van der Waals surface area contributed by atoms with Gasteiger partial charge in [-0.1, -0.05) is 11.6 Å². The van der Waals surface area contributed by atoms with E-state index in [-0.39, 0.29) is 16.4 Å². The summed E-state index contributed by atoms with van der Waals surface area (Å²) in [4.78, 5) is 23.0. The Morgan fingerprint density at radius 3 is 2.72 bits per heavy atom. The highest BCUT2D eigenvalue weighted by Gasteiger charge is 2.44. The minimum absolute atomic E-state index is 0.108. The van der Waals surface area contributed by atoms with Crippen molar-refractivity contribution in [2.45, 2.75) is 31.6 Å². The summed E-state index contributed by atoms with van der Waals surface area (Å²) in [6.45, 7) is 3.32. The molecule has 2 atom stereocenters. The molecule has 2 aromatic rings. The molecule has 0 amide bonds. The number of ether oxygens (including phenoxy) is 1. The third-order valence-corrected chi connectivity index (χ3v) is 4.50. The minimum atomic E-state index is -1.17. The summed E-state index contributed by atoms with van der Waals surface area (Å²) in [6.07, 6.45) is 0.184. The van der Waals surface area contributed by atoms with Gasteiger partial charge in [-0.25, -0.2) is 0 Å². The zero-order valence-corrected chi connectivity index (χ0v) is 14.2. The number of nitrogens with zero attached hydrogens (tertiary/aromatic N) is 2. The van der Waals surface area contributed by atoms with Crippen LogP contribution in [0.2, 0.25) is 5.02 Å². The van der Waals surface area contributed by atoms with Gasteiger partial charge in [-0.05, 0) is 26.0 Å². The number of non-ortho nitro benzene ring substituents is 1. The van der Waals surface area contributed by atoms with Gasteiger partial charge in [-0.15, -0.1) is 0 Å². The summed E-state index contributed by atoms with van der Waals surface area (Å²) in [7, 11) is 0. The molecule has 1 aromatic carbocycles. The first-order valence-corrected chi connectivity index (χ1v) is 7.82. The lowest BCUT2D eigenvalue weighted by Gasteiger charge is -2.42. The zero-order chi connectivity index (χ0) is 18.5. The Hall–Kier alpha value is -2.58. The van der Waals surface area contributed by atoms with E-state index in [0.717, 1.165) is 0 Å². The molecule has 2 unspecified atom stereocenters. The number of hydrogen-bond acceptors (Lipinski definition) is 6. The van der Waals surface area contributed by atoms with Crippen molar-refractivity contribution in [3.8, 4) is 5.75 Å². The van der Waals surface area contributed by atoms with Gasteiger partial charge in [0.1, 0.15) is 22.5 Å². The largest absolute Gasteiger partial charge is 0.485 e. The molecular weight excluding hydrogens is 350 g/mol. The summed E-state index contributed by atoms with van der Waals surface area (Å²) in [6, 6.07) is 4.41. The quantitative estimate of drug-likeness (QED) is 0.621. The predicted octanol–water partition coefficient (Wildman–Crippen LogP) is 2.11. The topological polar surface area (TPSA) is 121 Å². The van der Waals surface area contributed by atoms with Crippen molar-refractivity contribution < 1.29 is 14.8 Å². The van der Waals surface area contributed by atoms with Gasteiger partial charge in [0.15, 0.2) is 0 Å². The van der Waals surface area contributed by atoms with Crippen LogP contribution in [-0.4, -0.2) is 26.3 Å². The monoisotopic (exact) mass is 365 g/mol. The van der Waals surface area contributed by atoms with Crippen LogP contribution in [0.25, 0.3) is 0 Å². The Kier molecular flexibility index (Phi) is 3.97. The van der Waals surface area contributed by atoms with Crippen LogP contribution in [0.4, 0.5) is 11.4 Å². The molecule has 8 nitrogen and oxygen atoms in total. The lowest BCUT2D eigenvalue weighted by atomic mass is 9.86. The Morgan fingerprint density at radius 1 is 1.40 bits per heavy atom. The Bertz CT molecular complexity index is 924.